The first kappa shape index (κ1) is 35.7. The van der Waals surface area contributed by atoms with Crippen LogP contribution in [-0.4, -0.2) is 47.0 Å². The molecule has 0 saturated heterocycles. The Balaban J connectivity index is 3.28. The first-order chi connectivity index (χ1) is 17.7. The van der Waals surface area contributed by atoms with E-state index in [1.807, 2.05) is 13.0 Å². The molecule has 0 amide bonds. The predicted molar refractivity (Wildman–Crippen MR) is 173 cm³/mol. The molecule has 0 unspecified atom stereocenters. The molecule has 0 bridgehead atoms. The molecule has 0 aromatic heterocycles. The zero-order valence-electron chi connectivity index (χ0n) is 26.1. The average molecular weight is 670 g/mol. The van der Waals surface area contributed by atoms with Crippen molar-refractivity contribution in [2.24, 2.45) is 0 Å². The Kier molecular flexibility index (Phi) is 15.7. The molecule has 3 nitrogen and oxygen atoms in total. The summed E-state index contributed by atoms with van der Waals surface area (Å²) in [7, 11) is -5.33. The third-order valence-electron chi connectivity index (χ3n) is 8.22. The van der Waals surface area contributed by atoms with Gasteiger partial charge in [0.1, 0.15) is 0 Å². The van der Waals surface area contributed by atoms with Gasteiger partial charge in [0.15, 0.2) is 0 Å². The minimum absolute atomic E-state index is 0.00576. The number of unbranched alkanes of at least 4 members (excludes halogenated alkanes) is 3. The standard InChI is InChI=1S/C20H31O3SSi.3C4H9.Sn/c1-8-18(23-25(6,7)20(3,4)5)15-14-17(2)16-24(21,22)19-12-10-9-11-13-19;3*1-3-4-2;/h1,8-14,18H,15-16H2,2-7H3;3*1,3-4H2,2H3;/b8-1?,17-14+;;;;/t18-;;;;/m1..../s1. The number of rotatable bonds is 18. The van der Waals surface area contributed by atoms with Crippen molar-refractivity contribution >= 4 is 36.5 Å². The molecular weight excluding hydrogens is 611 g/mol. The summed E-state index contributed by atoms with van der Waals surface area (Å²) in [6.45, 7) is 20.4. The molecule has 0 N–H and O–H groups in total. The Hall–Kier alpha value is -0.374. The van der Waals surface area contributed by atoms with Crippen molar-refractivity contribution in [2.45, 2.75) is 136 Å². The second-order valence-electron chi connectivity index (χ2n) is 12.8. The molecule has 0 heterocycles. The van der Waals surface area contributed by atoms with Crippen molar-refractivity contribution in [3.8, 4) is 0 Å². The van der Waals surface area contributed by atoms with E-state index in [9.17, 15) is 8.42 Å². The third-order valence-corrected chi connectivity index (χ3v) is 28.7. The summed E-state index contributed by atoms with van der Waals surface area (Å²) in [4.78, 5) is 0.392. The summed E-state index contributed by atoms with van der Waals surface area (Å²) < 4.78 is 39.9. The molecule has 1 aromatic rings. The molecule has 0 aliphatic heterocycles. The van der Waals surface area contributed by atoms with E-state index in [1.54, 1.807) is 24.3 Å². The fourth-order valence-corrected chi connectivity index (χ4v) is 21.8. The molecule has 1 atom stereocenters. The summed E-state index contributed by atoms with van der Waals surface area (Å²) >= 11 is -2.45. The van der Waals surface area contributed by atoms with Gasteiger partial charge in [-0.25, -0.2) is 0 Å². The van der Waals surface area contributed by atoms with Crippen molar-refractivity contribution in [3.63, 3.8) is 0 Å². The number of benzene rings is 1. The fourth-order valence-electron chi connectivity index (χ4n) is 4.63. The van der Waals surface area contributed by atoms with Gasteiger partial charge in [-0.3, -0.25) is 0 Å². The number of sulfone groups is 1. The van der Waals surface area contributed by atoms with E-state index in [2.05, 4.69) is 70.9 Å². The average Bonchev–Trinajstić information content (AvgIpc) is 2.85. The molecule has 6 heteroatoms. The zero-order chi connectivity index (χ0) is 28.9. The quantitative estimate of drug-likeness (QED) is 0.115. The van der Waals surface area contributed by atoms with Crippen LogP contribution in [0.25, 0.3) is 0 Å². The van der Waals surface area contributed by atoms with Gasteiger partial charge in [-0.1, -0.05) is 0 Å². The maximum absolute atomic E-state index is 12.9. The van der Waals surface area contributed by atoms with Gasteiger partial charge in [-0.05, 0) is 0 Å². The van der Waals surface area contributed by atoms with Gasteiger partial charge in [0.05, 0.1) is 0 Å². The summed E-state index contributed by atoms with van der Waals surface area (Å²) in [5, 5.41) is 0.126. The Morgan fingerprint density at radius 3 is 1.89 bits per heavy atom. The topological polar surface area (TPSA) is 43.4 Å². The second kappa shape index (κ2) is 16.8. The van der Waals surface area contributed by atoms with Crippen LogP contribution in [0.2, 0.25) is 31.4 Å². The molecule has 0 radical (unpaired) electrons. The van der Waals surface area contributed by atoms with Crippen molar-refractivity contribution < 1.29 is 12.8 Å². The van der Waals surface area contributed by atoms with E-state index in [1.165, 1.54) is 51.8 Å². The van der Waals surface area contributed by atoms with Crippen molar-refractivity contribution in [1.29, 1.82) is 0 Å². The maximum atomic E-state index is 12.9. The third kappa shape index (κ3) is 12.4. The second-order valence-corrected chi connectivity index (χ2v) is 32.6. The van der Waals surface area contributed by atoms with Gasteiger partial charge >= 0.3 is 243 Å². The molecular formula is C32H58O3SSiSn. The predicted octanol–water partition coefficient (Wildman–Crippen LogP) is 10.1. The Bertz CT molecular complexity index is 940. The van der Waals surface area contributed by atoms with E-state index < -0.39 is 36.5 Å². The Morgan fingerprint density at radius 1 is 0.947 bits per heavy atom. The summed E-state index contributed by atoms with van der Waals surface area (Å²) in [5.41, 5.74) is 0.892. The molecule has 38 heavy (non-hydrogen) atoms. The van der Waals surface area contributed by atoms with Gasteiger partial charge in [-0.2, -0.15) is 0 Å². The van der Waals surface area contributed by atoms with Gasteiger partial charge in [0.25, 0.3) is 0 Å². The molecule has 0 aliphatic carbocycles. The molecule has 1 aromatic carbocycles. The van der Waals surface area contributed by atoms with E-state index >= 15 is 0 Å². The van der Waals surface area contributed by atoms with Crippen molar-refractivity contribution in [2.75, 3.05) is 5.75 Å². The van der Waals surface area contributed by atoms with Gasteiger partial charge < -0.3 is 0 Å². The first-order valence-electron chi connectivity index (χ1n) is 15.0. The Labute approximate surface area is 241 Å². The van der Waals surface area contributed by atoms with Crippen LogP contribution in [0, 0.1) is 0 Å². The van der Waals surface area contributed by atoms with Crippen LogP contribution in [0.1, 0.15) is 93.4 Å². The monoisotopic (exact) mass is 670 g/mol. The van der Waals surface area contributed by atoms with E-state index in [4.69, 9.17) is 4.43 Å². The summed E-state index contributed by atoms with van der Waals surface area (Å²) in [6.07, 6.45) is 13.1. The molecule has 1 rings (SSSR count). The van der Waals surface area contributed by atoms with Gasteiger partial charge in [-0.15, -0.1) is 0 Å². The normalized spacial score (nSPS) is 14.8. The van der Waals surface area contributed by atoms with Crippen LogP contribution in [0.15, 0.2) is 57.0 Å². The van der Waals surface area contributed by atoms with Crippen molar-refractivity contribution in [1.82, 2.24) is 0 Å². The summed E-state index contributed by atoms with van der Waals surface area (Å²) in [6, 6.07) is 8.79. The zero-order valence-corrected chi connectivity index (χ0v) is 30.8. The van der Waals surface area contributed by atoms with Crippen LogP contribution in [0.5, 0.6) is 0 Å². The first-order valence-corrected chi connectivity index (χ1v) is 27.3. The number of hydrogen-bond acceptors (Lipinski definition) is 3. The van der Waals surface area contributed by atoms with Gasteiger partial charge in [0.2, 0.25) is 0 Å². The molecule has 0 aliphatic rings. The molecule has 218 valence electrons. The van der Waals surface area contributed by atoms with E-state index in [0.29, 0.717) is 4.90 Å². The van der Waals surface area contributed by atoms with Crippen LogP contribution in [-0.2, 0) is 14.3 Å². The SMILES string of the molecule is CCC[CH2][Sn](/[CH]=C/[C@H](C/C=C(\C)CS(=O)(=O)c1ccccc1)O[Si](C)(C)C(C)(C)C)([CH2]CCC)[CH2]CCC. The van der Waals surface area contributed by atoms with E-state index in [0.717, 1.165) is 12.0 Å². The molecule has 0 fully saturated rings. The Morgan fingerprint density at radius 2 is 1.45 bits per heavy atom. The van der Waals surface area contributed by atoms with Crippen LogP contribution >= 0.6 is 0 Å². The van der Waals surface area contributed by atoms with Crippen LogP contribution in [0.3, 0.4) is 0 Å². The van der Waals surface area contributed by atoms with Crippen LogP contribution < -0.4 is 0 Å². The molecule has 0 spiro atoms. The van der Waals surface area contributed by atoms with Crippen LogP contribution in [0.4, 0.5) is 0 Å². The van der Waals surface area contributed by atoms with Crippen molar-refractivity contribution in [3.05, 3.63) is 52.1 Å². The summed E-state index contributed by atoms with van der Waals surface area (Å²) in [5.74, 6) is 0.0558. The minimum atomic E-state index is -3.34. The van der Waals surface area contributed by atoms with Gasteiger partial charge in [0, 0.05) is 0 Å². The van der Waals surface area contributed by atoms with E-state index in [-0.39, 0.29) is 16.9 Å². The fraction of sp³-hybridized carbons (Fsp3) is 0.688. The molecule has 0 saturated carbocycles. The number of hydrogen-bond donors (Lipinski definition) is 0.